The van der Waals surface area contributed by atoms with Crippen molar-refractivity contribution in [1.29, 1.82) is 0 Å². The number of hydrogen-bond acceptors (Lipinski definition) is 3. The van der Waals surface area contributed by atoms with Crippen LogP contribution in [0.15, 0.2) is 36.4 Å². The van der Waals surface area contributed by atoms with E-state index in [0.717, 1.165) is 41.7 Å². The standard InChI is InChI=1S/C30H38F3N3O/c1-18-10-11-35(15-18)20(3)16-37-21-13-24(31)27(25(32)14-21)29-28-23(22-8-6-7-9-26(22)34-28)12-19(2)36(29)17-30(4,5)33/h6-9,13-14,18-20,29,34H,10-12,15-17H2,1-5H3/t18-,19-,20?,29-/m1/s1. The lowest BCUT2D eigenvalue weighted by molar-refractivity contribution is 0.0642. The molecule has 37 heavy (non-hydrogen) atoms. The van der Waals surface area contributed by atoms with Crippen LogP contribution in [0.4, 0.5) is 13.2 Å². The molecule has 4 nitrogen and oxygen atoms in total. The molecule has 2 aliphatic heterocycles. The molecule has 1 unspecified atom stereocenters. The van der Waals surface area contributed by atoms with E-state index in [1.54, 1.807) is 0 Å². The first-order chi connectivity index (χ1) is 17.5. The zero-order chi connectivity index (χ0) is 26.5. The van der Waals surface area contributed by atoms with Gasteiger partial charge in [-0.15, -0.1) is 0 Å². The first-order valence-corrected chi connectivity index (χ1v) is 13.4. The summed E-state index contributed by atoms with van der Waals surface area (Å²) >= 11 is 0. The molecule has 0 spiro atoms. The van der Waals surface area contributed by atoms with Crippen LogP contribution >= 0.6 is 0 Å². The Balaban J connectivity index is 1.50. The number of aromatic nitrogens is 1. The van der Waals surface area contributed by atoms with E-state index in [1.807, 2.05) is 36.1 Å². The topological polar surface area (TPSA) is 31.5 Å². The number of para-hydroxylation sites is 1. The fourth-order valence-corrected chi connectivity index (χ4v) is 6.10. The number of H-pyrrole nitrogens is 1. The zero-order valence-corrected chi connectivity index (χ0v) is 22.5. The normalized spacial score (nSPS) is 23.9. The molecular formula is C30H38F3N3O. The highest BCUT2D eigenvalue weighted by molar-refractivity contribution is 5.85. The summed E-state index contributed by atoms with van der Waals surface area (Å²) in [6.07, 6.45) is 1.83. The van der Waals surface area contributed by atoms with E-state index >= 15 is 8.78 Å². The summed E-state index contributed by atoms with van der Waals surface area (Å²) in [7, 11) is 0. The monoisotopic (exact) mass is 513 g/mol. The lowest BCUT2D eigenvalue weighted by atomic mass is 9.87. The maximum Gasteiger partial charge on any atom is 0.135 e. The van der Waals surface area contributed by atoms with Crippen molar-refractivity contribution in [2.75, 3.05) is 26.2 Å². The van der Waals surface area contributed by atoms with Crippen molar-refractivity contribution < 1.29 is 17.9 Å². The molecule has 1 aromatic heterocycles. The molecule has 3 aromatic rings. The summed E-state index contributed by atoms with van der Waals surface area (Å²) < 4.78 is 52.4. The largest absolute Gasteiger partial charge is 0.492 e. The SMILES string of the molecule is CC(COc1cc(F)c([C@@H]2c3[nH]c4ccccc4c3C[C@@H](C)N2CC(C)(C)F)c(F)c1)N1CC[C@@H](C)C1. The van der Waals surface area contributed by atoms with E-state index in [4.69, 9.17) is 4.74 Å². The molecule has 4 atom stereocenters. The molecule has 2 aliphatic rings. The Morgan fingerprint density at radius 1 is 1.14 bits per heavy atom. The number of aromatic amines is 1. The van der Waals surface area contributed by atoms with Gasteiger partial charge in [0.2, 0.25) is 0 Å². The quantitative estimate of drug-likeness (QED) is 0.384. The average Bonchev–Trinajstić information content (AvgIpc) is 3.41. The van der Waals surface area contributed by atoms with Crippen LogP contribution in [-0.4, -0.2) is 58.8 Å². The Morgan fingerprint density at radius 2 is 1.84 bits per heavy atom. The van der Waals surface area contributed by atoms with Gasteiger partial charge < -0.3 is 9.72 Å². The van der Waals surface area contributed by atoms with Crippen molar-refractivity contribution in [2.45, 2.75) is 71.3 Å². The second-order valence-electron chi connectivity index (χ2n) is 11.8. The number of likely N-dealkylation sites (tertiary alicyclic amines) is 1. The van der Waals surface area contributed by atoms with Crippen molar-refractivity contribution in [2.24, 2.45) is 5.92 Å². The van der Waals surface area contributed by atoms with Crippen molar-refractivity contribution >= 4 is 10.9 Å². The molecule has 200 valence electrons. The van der Waals surface area contributed by atoms with Gasteiger partial charge in [0.1, 0.15) is 29.7 Å². The van der Waals surface area contributed by atoms with Gasteiger partial charge in [0, 0.05) is 59.5 Å². The van der Waals surface area contributed by atoms with E-state index in [0.29, 0.717) is 18.9 Å². The minimum Gasteiger partial charge on any atom is -0.492 e. The van der Waals surface area contributed by atoms with Crippen LogP contribution in [0.5, 0.6) is 5.75 Å². The molecule has 3 heterocycles. The van der Waals surface area contributed by atoms with Gasteiger partial charge in [0.05, 0.1) is 6.04 Å². The van der Waals surface area contributed by atoms with Gasteiger partial charge in [-0.2, -0.15) is 0 Å². The lowest BCUT2D eigenvalue weighted by Crippen LogP contribution is -2.48. The molecule has 1 saturated heterocycles. The third-order valence-electron chi connectivity index (χ3n) is 7.97. The molecule has 1 N–H and O–H groups in total. The molecule has 0 amide bonds. The fourth-order valence-electron chi connectivity index (χ4n) is 6.10. The highest BCUT2D eigenvalue weighted by Gasteiger charge is 2.41. The van der Waals surface area contributed by atoms with Crippen LogP contribution in [0, 0.1) is 17.6 Å². The first kappa shape index (κ1) is 26.1. The second kappa shape index (κ2) is 9.99. The molecule has 0 bridgehead atoms. The van der Waals surface area contributed by atoms with Crippen LogP contribution in [0.25, 0.3) is 10.9 Å². The molecule has 0 aliphatic carbocycles. The van der Waals surface area contributed by atoms with Crippen LogP contribution in [0.3, 0.4) is 0 Å². The summed E-state index contributed by atoms with van der Waals surface area (Å²) in [5.74, 6) is -0.525. The van der Waals surface area contributed by atoms with Crippen molar-refractivity contribution in [3.63, 3.8) is 0 Å². The van der Waals surface area contributed by atoms with E-state index in [2.05, 4.69) is 23.7 Å². The highest BCUT2D eigenvalue weighted by atomic mass is 19.1. The third-order valence-corrected chi connectivity index (χ3v) is 7.97. The smallest absolute Gasteiger partial charge is 0.135 e. The predicted molar refractivity (Wildman–Crippen MR) is 142 cm³/mol. The number of hydrogen-bond donors (Lipinski definition) is 1. The number of ether oxygens (including phenoxy) is 1. The number of nitrogens with one attached hydrogen (secondary N) is 1. The van der Waals surface area contributed by atoms with E-state index < -0.39 is 23.3 Å². The Labute approximate surface area is 217 Å². The summed E-state index contributed by atoms with van der Waals surface area (Å²) in [4.78, 5) is 7.65. The van der Waals surface area contributed by atoms with Crippen LogP contribution in [0.1, 0.15) is 63.9 Å². The first-order valence-electron chi connectivity index (χ1n) is 13.4. The van der Waals surface area contributed by atoms with Gasteiger partial charge in [-0.25, -0.2) is 13.2 Å². The lowest BCUT2D eigenvalue weighted by Gasteiger charge is -2.43. The van der Waals surface area contributed by atoms with Crippen LogP contribution in [0.2, 0.25) is 0 Å². The zero-order valence-electron chi connectivity index (χ0n) is 22.5. The summed E-state index contributed by atoms with van der Waals surface area (Å²) in [6, 6.07) is 9.71. The molecule has 0 saturated carbocycles. The van der Waals surface area contributed by atoms with Gasteiger partial charge in [-0.1, -0.05) is 25.1 Å². The molecule has 5 rings (SSSR count). The third kappa shape index (κ3) is 5.26. The van der Waals surface area contributed by atoms with Crippen molar-refractivity contribution in [3.8, 4) is 5.75 Å². The number of halogens is 3. The van der Waals surface area contributed by atoms with Crippen molar-refractivity contribution in [3.05, 3.63) is 64.9 Å². The number of benzene rings is 2. The minimum absolute atomic E-state index is 0.0521. The minimum atomic E-state index is -1.53. The Kier molecular flexibility index (Phi) is 7.05. The van der Waals surface area contributed by atoms with Gasteiger partial charge in [0.15, 0.2) is 0 Å². The molecule has 2 aromatic carbocycles. The van der Waals surface area contributed by atoms with Crippen LogP contribution in [-0.2, 0) is 6.42 Å². The predicted octanol–water partition coefficient (Wildman–Crippen LogP) is 6.64. The van der Waals surface area contributed by atoms with E-state index in [-0.39, 0.29) is 29.9 Å². The Bertz CT molecular complexity index is 1240. The molecule has 1 fully saturated rings. The van der Waals surface area contributed by atoms with Gasteiger partial charge in [0.25, 0.3) is 0 Å². The second-order valence-corrected chi connectivity index (χ2v) is 11.8. The number of rotatable bonds is 7. The van der Waals surface area contributed by atoms with E-state index in [1.165, 1.54) is 26.0 Å². The maximum atomic E-state index is 15.8. The molecule has 7 heteroatoms. The Morgan fingerprint density at radius 3 is 2.49 bits per heavy atom. The van der Waals surface area contributed by atoms with Gasteiger partial charge in [-0.05, 0) is 64.6 Å². The van der Waals surface area contributed by atoms with Crippen LogP contribution < -0.4 is 4.74 Å². The maximum absolute atomic E-state index is 15.8. The summed E-state index contributed by atoms with van der Waals surface area (Å²) in [5, 5.41) is 1.04. The van der Waals surface area contributed by atoms with Gasteiger partial charge >= 0.3 is 0 Å². The van der Waals surface area contributed by atoms with E-state index in [9.17, 15) is 4.39 Å². The number of nitrogens with zero attached hydrogens (tertiary/aromatic N) is 2. The van der Waals surface area contributed by atoms with Crippen molar-refractivity contribution in [1.82, 2.24) is 14.8 Å². The number of fused-ring (bicyclic) bond motifs is 3. The Hall–Kier alpha value is -2.51. The number of alkyl halides is 1. The molecule has 0 radical (unpaired) electrons. The fraction of sp³-hybridized carbons (Fsp3) is 0.533. The molecular weight excluding hydrogens is 475 g/mol. The highest BCUT2D eigenvalue weighted by Crippen LogP contribution is 2.43. The summed E-state index contributed by atoms with van der Waals surface area (Å²) in [6.45, 7) is 11.8. The summed E-state index contributed by atoms with van der Waals surface area (Å²) in [5.41, 5.74) is 1.07. The average molecular weight is 514 g/mol. The van der Waals surface area contributed by atoms with Gasteiger partial charge in [-0.3, -0.25) is 9.80 Å².